The van der Waals surface area contributed by atoms with E-state index in [1.807, 2.05) is 51.1 Å². The van der Waals surface area contributed by atoms with Crippen molar-refractivity contribution >= 4 is 27.5 Å². The summed E-state index contributed by atoms with van der Waals surface area (Å²) in [6.07, 6.45) is 3.30. The van der Waals surface area contributed by atoms with Gasteiger partial charge in [-0.2, -0.15) is 0 Å². The van der Waals surface area contributed by atoms with Gasteiger partial charge in [0.2, 0.25) is 21.8 Å². The highest BCUT2D eigenvalue weighted by molar-refractivity contribution is 7.92. The molecule has 7 nitrogen and oxygen atoms in total. The van der Waals surface area contributed by atoms with E-state index in [2.05, 4.69) is 5.32 Å². The molecule has 0 aliphatic heterocycles. The summed E-state index contributed by atoms with van der Waals surface area (Å²) in [5.74, 6) is -0.647. The molecule has 0 unspecified atom stereocenters. The highest BCUT2D eigenvalue weighted by Gasteiger charge is 2.31. The van der Waals surface area contributed by atoms with Crippen molar-refractivity contribution in [1.82, 2.24) is 10.2 Å². The Morgan fingerprint density at radius 2 is 1.74 bits per heavy atom. The number of carbonyl (C=O) groups is 2. The van der Waals surface area contributed by atoms with Crippen molar-refractivity contribution in [3.63, 3.8) is 0 Å². The van der Waals surface area contributed by atoms with Crippen LogP contribution in [0.25, 0.3) is 0 Å². The molecule has 2 amide bonds. The Labute approximate surface area is 204 Å². The number of rotatable bonds is 12. The third-order valence-electron chi connectivity index (χ3n) is 5.71. The van der Waals surface area contributed by atoms with Crippen molar-refractivity contribution in [2.24, 2.45) is 0 Å². The molecule has 0 radical (unpaired) electrons. The third kappa shape index (κ3) is 7.58. The van der Waals surface area contributed by atoms with E-state index in [1.54, 1.807) is 25.1 Å². The lowest BCUT2D eigenvalue weighted by molar-refractivity contribution is -0.140. The molecule has 186 valence electrons. The zero-order chi connectivity index (χ0) is 25.3. The van der Waals surface area contributed by atoms with Crippen LogP contribution in [0.4, 0.5) is 5.69 Å². The number of aryl methyl sites for hydroxylation is 2. The number of unbranched alkanes of at least 4 members (excludes halogenated alkanes) is 1. The summed E-state index contributed by atoms with van der Waals surface area (Å²) in [5.41, 5.74) is 3.13. The maximum Gasteiger partial charge on any atom is 0.244 e. The molecule has 0 bridgehead atoms. The molecule has 0 fully saturated rings. The molecule has 1 atom stereocenters. The Balaban J connectivity index is 2.41. The van der Waals surface area contributed by atoms with Gasteiger partial charge in [0.15, 0.2) is 0 Å². The van der Waals surface area contributed by atoms with Gasteiger partial charge in [-0.15, -0.1) is 0 Å². The van der Waals surface area contributed by atoms with Gasteiger partial charge in [-0.25, -0.2) is 8.42 Å². The molecule has 1 N–H and O–H groups in total. The Bertz CT molecular complexity index is 1080. The largest absolute Gasteiger partial charge is 0.354 e. The van der Waals surface area contributed by atoms with Gasteiger partial charge in [0.1, 0.15) is 12.6 Å². The standard InChI is InChI=1S/C26H37N3O4S/c1-6-8-16-27-26(31)23(7-2)28(18-22-14-11-12-20(3)17-22)25(30)19-29(34(5,32)33)24-15-10-9-13-21(24)4/h9-15,17,23H,6-8,16,18-19H2,1-5H3,(H,27,31)/t23-/m1/s1. The molecular weight excluding hydrogens is 450 g/mol. The Kier molecular flexibility index (Phi) is 10.1. The summed E-state index contributed by atoms with van der Waals surface area (Å²) in [7, 11) is -3.73. The Hall–Kier alpha value is -2.87. The summed E-state index contributed by atoms with van der Waals surface area (Å²) in [6, 6.07) is 14.1. The number of benzene rings is 2. The number of nitrogens with zero attached hydrogens (tertiary/aromatic N) is 2. The van der Waals surface area contributed by atoms with Gasteiger partial charge in [0, 0.05) is 13.1 Å². The van der Waals surface area contributed by atoms with Gasteiger partial charge in [-0.05, 0) is 43.9 Å². The fraction of sp³-hybridized carbons (Fsp3) is 0.462. The van der Waals surface area contributed by atoms with Crippen LogP contribution in [-0.2, 0) is 26.2 Å². The second kappa shape index (κ2) is 12.6. The van der Waals surface area contributed by atoms with E-state index in [1.165, 1.54) is 4.90 Å². The van der Waals surface area contributed by atoms with Crippen LogP contribution >= 0.6 is 0 Å². The van der Waals surface area contributed by atoms with Gasteiger partial charge in [-0.3, -0.25) is 13.9 Å². The average molecular weight is 488 g/mol. The molecule has 0 spiro atoms. The lowest BCUT2D eigenvalue weighted by Gasteiger charge is -2.33. The highest BCUT2D eigenvalue weighted by atomic mass is 32.2. The minimum Gasteiger partial charge on any atom is -0.354 e. The predicted octanol–water partition coefficient (Wildman–Crippen LogP) is 3.79. The lowest BCUT2D eigenvalue weighted by Crippen LogP contribution is -2.52. The minimum atomic E-state index is -3.73. The predicted molar refractivity (Wildman–Crippen MR) is 137 cm³/mol. The molecule has 2 aromatic rings. The fourth-order valence-corrected chi connectivity index (χ4v) is 4.78. The van der Waals surface area contributed by atoms with Crippen LogP contribution in [0.1, 0.15) is 49.8 Å². The molecule has 8 heteroatoms. The third-order valence-corrected chi connectivity index (χ3v) is 6.84. The van der Waals surface area contributed by atoms with E-state index in [0.717, 1.165) is 40.1 Å². The second-order valence-electron chi connectivity index (χ2n) is 8.64. The Morgan fingerprint density at radius 1 is 1.03 bits per heavy atom. The van der Waals surface area contributed by atoms with Gasteiger partial charge >= 0.3 is 0 Å². The van der Waals surface area contributed by atoms with Crippen LogP contribution in [0.15, 0.2) is 48.5 Å². The number of sulfonamides is 1. The van der Waals surface area contributed by atoms with Crippen LogP contribution in [-0.4, -0.2) is 50.5 Å². The van der Waals surface area contributed by atoms with Gasteiger partial charge in [0.25, 0.3) is 0 Å². The molecule has 0 saturated heterocycles. The van der Waals surface area contributed by atoms with E-state index in [0.29, 0.717) is 18.7 Å². The van der Waals surface area contributed by atoms with Crippen molar-refractivity contribution in [2.45, 2.75) is 59.5 Å². The van der Waals surface area contributed by atoms with Crippen LogP contribution in [0.3, 0.4) is 0 Å². The van der Waals surface area contributed by atoms with Crippen LogP contribution in [0, 0.1) is 13.8 Å². The van der Waals surface area contributed by atoms with Crippen molar-refractivity contribution in [3.8, 4) is 0 Å². The summed E-state index contributed by atoms with van der Waals surface area (Å²) in [5, 5.41) is 2.93. The monoisotopic (exact) mass is 487 g/mol. The number of hydrogen-bond donors (Lipinski definition) is 1. The van der Waals surface area contributed by atoms with E-state index >= 15 is 0 Å². The van der Waals surface area contributed by atoms with E-state index in [4.69, 9.17) is 0 Å². The molecule has 2 rings (SSSR count). The highest BCUT2D eigenvalue weighted by Crippen LogP contribution is 2.23. The first kappa shape index (κ1) is 27.4. The summed E-state index contributed by atoms with van der Waals surface area (Å²) in [6.45, 7) is 8.04. The zero-order valence-electron chi connectivity index (χ0n) is 20.9. The van der Waals surface area contributed by atoms with Crippen molar-refractivity contribution in [2.75, 3.05) is 23.7 Å². The summed E-state index contributed by atoms with van der Waals surface area (Å²) < 4.78 is 26.5. The van der Waals surface area contributed by atoms with Crippen molar-refractivity contribution < 1.29 is 18.0 Å². The summed E-state index contributed by atoms with van der Waals surface area (Å²) in [4.78, 5) is 28.2. The van der Waals surface area contributed by atoms with E-state index in [-0.39, 0.29) is 19.0 Å². The normalized spacial score (nSPS) is 12.1. The first-order valence-corrected chi connectivity index (χ1v) is 13.6. The molecular formula is C26H37N3O4S. The topological polar surface area (TPSA) is 86.8 Å². The molecule has 0 heterocycles. The maximum atomic E-state index is 13.6. The molecule has 0 aromatic heterocycles. The van der Waals surface area contributed by atoms with Crippen LogP contribution < -0.4 is 9.62 Å². The molecule has 0 aliphatic carbocycles. The zero-order valence-corrected chi connectivity index (χ0v) is 21.7. The van der Waals surface area contributed by atoms with Crippen molar-refractivity contribution in [1.29, 1.82) is 0 Å². The molecule has 0 saturated carbocycles. The Morgan fingerprint density at radius 3 is 2.32 bits per heavy atom. The number of nitrogens with one attached hydrogen (secondary N) is 1. The van der Waals surface area contributed by atoms with Crippen molar-refractivity contribution in [3.05, 3.63) is 65.2 Å². The number of amides is 2. The second-order valence-corrected chi connectivity index (χ2v) is 10.5. The maximum absolute atomic E-state index is 13.6. The fourth-order valence-electron chi connectivity index (χ4n) is 3.87. The van der Waals surface area contributed by atoms with Gasteiger partial charge < -0.3 is 10.2 Å². The molecule has 0 aliphatic rings. The number of carbonyl (C=O) groups excluding carboxylic acids is 2. The SMILES string of the molecule is CCCCNC(=O)[C@@H](CC)N(Cc1cccc(C)c1)C(=O)CN(c1ccccc1C)S(C)(=O)=O. The van der Waals surface area contributed by atoms with Crippen LogP contribution in [0.2, 0.25) is 0 Å². The number of hydrogen-bond acceptors (Lipinski definition) is 4. The number of anilines is 1. The van der Waals surface area contributed by atoms with Gasteiger partial charge in [0.05, 0.1) is 11.9 Å². The van der Waals surface area contributed by atoms with Gasteiger partial charge in [-0.1, -0.05) is 68.3 Å². The first-order valence-electron chi connectivity index (χ1n) is 11.7. The minimum absolute atomic E-state index is 0.214. The first-order chi connectivity index (χ1) is 16.1. The summed E-state index contributed by atoms with van der Waals surface area (Å²) >= 11 is 0. The lowest BCUT2D eigenvalue weighted by atomic mass is 10.1. The quantitative estimate of drug-likeness (QED) is 0.462. The van der Waals surface area contributed by atoms with E-state index < -0.39 is 22.0 Å². The number of para-hydroxylation sites is 1. The van der Waals surface area contributed by atoms with E-state index in [9.17, 15) is 18.0 Å². The van der Waals surface area contributed by atoms with Crippen LogP contribution in [0.5, 0.6) is 0 Å². The molecule has 2 aromatic carbocycles. The average Bonchev–Trinajstić information content (AvgIpc) is 2.77. The smallest absolute Gasteiger partial charge is 0.244 e. The molecule has 34 heavy (non-hydrogen) atoms.